The zero-order chi connectivity index (χ0) is 14.9. The van der Waals surface area contributed by atoms with Gasteiger partial charge in [0.15, 0.2) is 6.16 Å². The Labute approximate surface area is 123 Å². The minimum atomic E-state index is -2.99. The molecule has 0 heterocycles. The molecule has 0 aliphatic heterocycles. The second kappa shape index (κ2) is 8.91. The van der Waals surface area contributed by atoms with Gasteiger partial charge in [0.2, 0.25) is 0 Å². The maximum absolute atomic E-state index is 10.5. The number of rotatable bonds is 10. The van der Waals surface area contributed by atoms with Crippen molar-refractivity contribution in [1.29, 1.82) is 0 Å². The molecule has 2 N–H and O–H groups in total. The van der Waals surface area contributed by atoms with Crippen molar-refractivity contribution in [3.05, 3.63) is 24.3 Å². The van der Waals surface area contributed by atoms with Gasteiger partial charge < -0.3 is 5.11 Å². The molecule has 0 bridgehead atoms. The van der Waals surface area contributed by atoms with E-state index >= 15 is 0 Å². The molecule has 1 aliphatic carbocycles. The SMILES string of the molecule is CCCCCCO[P+](O)(CC1(O)C=CC=CC1)OCC. The number of allylic oxidation sites excluding steroid dienone is 2. The lowest BCUT2D eigenvalue weighted by Crippen LogP contribution is -2.33. The predicted molar refractivity (Wildman–Crippen MR) is 83.6 cm³/mol. The summed E-state index contributed by atoms with van der Waals surface area (Å²) in [5, 5.41) is 10.4. The van der Waals surface area contributed by atoms with Gasteiger partial charge in [-0.15, -0.1) is 0 Å². The van der Waals surface area contributed by atoms with E-state index in [1.54, 1.807) is 12.2 Å². The van der Waals surface area contributed by atoms with Crippen LogP contribution in [0.3, 0.4) is 0 Å². The molecule has 0 amide bonds. The van der Waals surface area contributed by atoms with E-state index in [2.05, 4.69) is 6.92 Å². The minimum Gasteiger partial charge on any atom is -0.381 e. The zero-order valence-electron chi connectivity index (χ0n) is 12.6. The summed E-state index contributed by atoms with van der Waals surface area (Å²) in [5.74, 6) is 0. The Hall–Kier alpha value is -0.250. The lowest BCUT2D eigenvalue weighted by atomic mass is 9.98. The lowest BCUT2D eigenvalue weighted by molar-refractivity contribution is 0.0952. The summed E-state index contributed by atoms with van der Waals surface area (Å²) >= 11 is 0. The summed E-state index contributed by atoms with van der Waals surface area (Å²) in [5.41, 5.74) is -1.06. The molecule has 1 rings (SSSR count). The van der Waals surface area contributed by atoms with E-state index in [0.29, 0.717) is 19.6 Å². The molecule has 4 nitrogen and oxygen atoms in total. The molecule has 0 fully saturated rings. The minimum absolute atomic E-state index is 0.127. The number of hydrogen-bond acceptors (Lipinski definition) is 4. The Kier molecular flexibility index (Phi) is 7.93. The molecule has 0 saturated heterocycles. The summed E-state index contributed by atoms with van der Waals surface area (Å²) in [6.45, 7) is 4.85. The van der Waals surface area contributed by atoms with E-state index < -0.39 is 13.5 Å². The van der Waals surface area contributed by atoms with Crippen LogP contribution in [0.4, 0.5) is 0 Å². The highest BCUT2D eigenvalue weighted by Gasteiger charge is 2.48. The third-order valence-electron chi connectivity index (χ3n) is 3.22. The smallest absolute Gasteiger partial charge is 0.381 e. The number of aliphatic hydroxyl groups is 1. The van der Waals surface area contributed by atoms with Crippen LogP contribution in [-0.4, -0.2) is 35.0 Å². The van der Waals surface area contributed by atoms with E-state index in [1.807, 2.05) is 19.1 Å². The van der Waals surface area contributed by atoms with Gasteiger partial charge in [0.25, 0.3) is 0 Å². The monoisotopic (exact) mass is 303 g/mol. The second-order valence-corrected chi connectivity index (χ2v) is 7.31. The van der Waals surface area contributed by atoms with Crippen LogP contribution >= 0.6 is 7.94 Å². The van der Waals surface area contributed by atoms with Gasteiger partial charge in [-0.2, -0.15) is 13.9 Å². The quantitative estimate of drug-likeness (QED) is 0.478. The molecule has 0 aromatic rings. The first-order valence-corrected chi connectivity index (χ1v) is 9.26. The van der Waals surface area contributed by atoms with Crippen LogP contribution in [-0.2, 0) is 9.05 Å². The Morgan fingerprint density at radius 3 is 2.55 bits per heavy atom. The Morgan fingerprint density at radius 2 is 1.95 bits per heavy atom. The van der Waals surface area contributed by atoms with Gasteiger partial charge in [0, 0.05) is 6.42 Å². The zero-order valence-corrected chi connectivity index (χ0v) is 13.5. The molecule has 116 valence electrons. The highest BCUT2D eigenvalue weighted by molar-refractivity contribution is 7.60. The van der Waals surface area contributed by atoms with Crippen molar-refractivity contribution in [3.8, 4) is 0 Å². The molecule has 0 saturated carbocycles. The van der Waals surface area contributed by atoms with E-state index in [4.69, 9.17) is 9.05 Å². The van der Waals surface area contributed by atoms with Crippen molar-refractivity contribution in [1.82, 2.24) is 0 Å². The maximum atomic E-state index is 10.5. The van der Waals surface area contributed by atoms with Gasteiger partial charge >= 0.3 is 7.94 Å². The van der Waals surface area contributed by atoms with Crippen molar-refractivity contribution >= 4 is 7.94 Å². The van der Waals surface area contributed by atoms with Gasteiger partial charge in [-0.25, -0.2) is 0 Å². The molecule has 2 atom stereocenters. The highest BCUT2D eigenvalue weighted by atomic mass is 31.2. The van der Waals surface area contributed by atoms with E-state index in [-0.39, 0.29) is 6.16 Å². The lowest BCUT2D eigenvalue weighted by Gasteiger charge is -2.27. The van der Waals surface area contributed by atoms with Gasteiger partial charge in [-0.1, -0.05) is 44.4 Å². The van der Waals surface area contributed by atoms with Crippen molar-refractivity contribution in [2.45, 2.75) is 51.6 Å². The topological polar surface area (TPSA) is 58.9 Å². The third kappa shape index (κ3) is 6.47. The fraction of sp³-hybridized carbons (Fsp3) is 0.733. The molecular weight excluding hydrogens is 275 g/mol. The first kappa shape index (κ1) is 17.8. The molecule has 0 aromatic carbocycles. The first-order valence-electron chi connectivity index (χ1n) is 7.50. The highest BCUT2D eigenvalue weighted by Crippen LogP contribution is 2.59. The van der Waals surface area contributed by atoms with Crippen LogP contribution < -0.4 is 0 Å². The first-order chi connectivity index (χ1) is 9.54. The van der Waals surface area contributed by atoms with Gasteiger partial charge in [0.05, 0.1) is 13.2 Å². The van der Waals surface area contributed by atoms with Crippen LogP contribution in [0, 0.1) is 0 Å². The van der Waals surface area contributed by atoms with E-state index in [0.717, 1.165) is 12.8 Å². The van der Waals surface area contributed by atoms with Gasteiger partial charge in [-0.05, 0) is 19.4 Å². The summed E-state index contributed by atoms with van der Waals surface area (Å²) in [6, 6.07) is 0. The average molecular weight is 303 g/mol. The van der Waals surface area contributed by atoms with Crippen LogP contribution in [0.2, 0.25) is 0 Å². The summed E-state index contributed by atoms with van der Waals surface area (Å²) < 4.78 is 11.0. The van der Waals surface area contributed by atoms with Crippen LogP contribution in [0.5, 0.6) is 0 Å². The van der Waals surface area contributed by atoms with Crippen molar-refractivity contribution < 1.29 is 19.0 Å². The van der Waals surface area contributed by atoms with E-state index in [9.17, 15) is 10.00 Å². The Morgan fingerprint density at radius 1 is 1.15 bits per heavy atom. The number of unbranched alkanes of at least 4 members (excludes halogenated alkanes) is 3. The van der Waals surface area contributed by atoms with Crippen molar-refractivity contribution in [2.24, 2.45) is 0 Å². The average Bonchev–Trinajstić information content (AvgIpc) is 2.39. The molecule has 0 aromatic heterocycles. The van der Waals surface area contributed by atoms with E-state index in [1.165, 1.54) is 12.8 Å². The molecule has 1 aliphatic rings. The molecule has 20 heavy (non-hydrogen) atoms. The molecule has 0 radical (unpaired) electrons. The normalized spacial score (nSPS) is 24.8. The van der Waals surface area contributed by atoms with Gasteiger partial charge in [-0.3, -0.25) is 0 Å². The fourth-order valence-corrected chi connectivity index (χ4v) is 4.18. The molecule has 2 unspecified atom stereocenters. The van der Waals surface area contributed by atoms with Crippen LogP contribution in [0.1, 0.15) is 46.0 Å². The summed E-state index contributed by atoms with van der Waals surface area (Å²) in [6.07, 6.45) is 12.2. The third-order valence-corrected chi connectivity index (χ3v) is 5.42. The largest absolute Gasteiger partial charge is 0.412 e. The standard InChI is InChI=1S/C15H28O4P/c1-3-5-6-10-13-19-20(17,18-4-2)14-15(16)11-8-7-9-12-15/h7-9,11,16-17H,3-6,10,12-14H2,1-2H3/q+1. The van der Waals surface area contributed by atoms with Gasteiger partial charge in [0.1, 0.15) is 5.60 Å². The maximum Gasteiger partial charge on any atom is 0.412 e. The second-order valence-electron chi connectivity index (χ2n) is 5.20. The Balaban J connectivity index is 2.48. The van der Waals surface area contributed by atoms with Crippen molar-refractivity contribution in [3.63, 3.8) is 0 Å². The molecule has 5 heteroatoms. The predicted octanol–water partition coefficient (Wildman–Crippen LogP) is 3.62. The molecule has 0 spiro atoms. The molecular formula is C15H28O4P+. The number of hydrogen-bond donors (Lipinski definition) is 2. The summed E-state index contributed by atoms with van der Waals surface area (Å²) in [4.78, 5) is 10.5. The van der Waals surface area contributed by atoms with Crippen LogP contribution in [0.15, 0.2) is 24.3 Å². The van der Waals surface area contributed by atoms with Crippen molar-refractivity contribution in [2.75, 3.05) is 19.4 Å². The fourth-order valence-electron chi connectivity index (χ4n) is 2.18. The summed E-state index contributed by atoms with van der Waals surface area (Å²) in [7, 11) is -2.99. The van der Waals surface area contributed by atoms with Crippen LogP contribution in [0.25, 0.3) is 0 Å². The Bertz CT molecular complexity index is 332.